The van der Waals surface area contributed by atoms with Gasteiger partial charge in [-0.3, -0.25) is 0 Å². The third-order valence-corrected chi connectivity index (χ3v) is 4.08. The third-order valence-electron chi connectivity index (χ3n) is 2.72. The quantitative estimate of drug-likeness (QED) is 0.843. The third kappa shape index (κ3) is 2.36. The highest BCUT2D eigenvalue weighted by molar-refractivity contribution is 9.10. The summed E-state index contributed by atoms with van der Waals surface area (Å²) in [7, 11) is 0. The zero-order chi connectivity index (χ0) is 11.7. The Morgan fingerprint density at radius 1 is 1.56 bits per heavy atom. The minimum Gasteiger partial charge on any atom is -0.370 e. The fraction of sp³-hybridized carbons (Fsp3) is 0.636. The molecule has 5 heteroatoms. The highest BCUT2D eigenvalue weighted by Crippen LogP contribution is 2.29. The van der Waals surface area contributed by atoms with Crippen LogP contribution in [0, 0.1) is 4.64 Å². The lowest BCUT2D eigenvalue weighted by atomic mass is 10.1. The van der Waals surface area contributed by atoms with Crippen LogP contribution in [0.1, 0.15) is 50.2 Å². The summed E-state index contributed by atoms with van der Waals surface area (Å²) in [5.41, 5.74) is 1.10. The van der Waals surface area contributed by atoms with Crippen LogP contribution in [0.5, 0.6) is 0 Å². The molecular formula is C11H15BrN2OS. The Bertz CT molecular complexity index is 438. The zero-order valence-corrected chi connectivity index (χ0v) is 11.8. The molecular weight excluding hydrogens is 288 g/mol. The molecule has 1 N–H and O–H groups in total. The Balaban J connectivity index is 2.43. The Morgan fingerprint density at radius 2 is 2.31 bits per heavy atom. The number of halogens is 1. The number of aromatic amines is 1. The van der Waals surface area contributed by atoms with Crippen LogP contribution >= 0.6 is 28.1 Å². The molecule has 2 heterocycles. The van der Waals surface area contributed by atoms with E-state index in [0.717, 1.165) is 35.4 Å². The van der Waals surface area contributed by atoms with Gasteiger partial charge in [-0.2, -0.15) is 0 Å². The molecule has 0 aliphatic carbocycles. The first kappa shape index (κ1) is 12.2. The van der Waals surface area contributed by atoms with Gasteiger partial charge in [-0.1, -0.05) is 26.1 Å². The molecule has 3 nitrogen and oxygen atoms in total. The van der Waals surface area contributed by atoms with Crippen LogP contribution in [0.25, 0.3) is 0 Å². The molecule has 1 unspecified atom stereocenters. The summed E-state index contributed by atoms with van der Waals surface area (Å²) in [6, 6.07) is 0. The van der Waals surface area contributed by atoms with Crippen LogP contribution in [0.15, 0.2) is 4.47 Å². The van der Waals surface area contributed by atoms with E-state index >= 15 is 0 Å². The Hall–Kier alpha value is -0.260. The van der Waals surface area contributed by atoms with Crippen molar-refractivity contribution < 1.29 is 4.74 Å². The topological polar surface area (TPSA) is 37.9 Å². The van der Waals surface area contributed by atoms with Crippen molar-refractivity contribution in [3.63, 3.8) is 0 Å². The van der Waals surface area contributed by atoms with E-state index in [4.69, 9.17) is 17.0 Å². The normalized spacial score (nSPS) is 20.6. The van der Waals surface area contributed by atoms with Crippen LogP contribution in [-0.4, -0.2) is 16.6 Å². The lowest BCUT2D eigenvalue weighted by molar-refractivity contribution is 0.104. The van der Waals surface area contributed by atoms with Crippen molar-refractivity contribution in [3.05, 3.63) is 20.6 Å². The lowest BCUT2D eigenvalue weighted by Crippen LogP contribution is -2.07. The van der Waals surface area contributed by atoms with E-state index in [1.807, 2.05) is 0 Å². The minimum atomic E-state index is 0.0901. The van der Waals surface area contributed by atoms with E-state index in [2.05, 4.69) is 39.7 Å². The second kappa shape index (κ2) is 4.94. The van der Waals surface area contributed by atoms with Gasteiger partial charge in [0.05, 0.1) is 4.47 Å². The molecule has 0 saturated carbocycles. The molecule has 88 valence electrons. The van der Waals surface area contributed by atoms with Gasteiger partial charge in [-0.05, 0) is 34.7 Å². The fourth-order valence-electron chi connectivity index (χ4n) is 1.84. The minimum absolute atomic E-state index is 0.0901. The van der Waals surface area contributed by atoms with E-state index in [1.165, 1.54) is 0 Å². The maximum atomic E-state index is 5.61. The predicted octanol–water partition coefficient (Wildman–Crippen LogP) is 3.88. The van der Waals surface area contributed by atoms with E-state index in [1.54, 1.807) is 0 Å². The molecule has 0 radical (unpaired) electrons. The molecule has 1 aliphatic rings. The van der Waals surface area contributed by atoms with Gasteiger partial charge in [-0.25, -0.2) is 4.98 Å². The second-order valence-electron chi connectivity index (χ2n) is 4.31. The molecule has 0 bridgehead atoms. The number of hydrogen-bond acceptors (Lipinski definition) is 3. The van der Waals surface area contributed by atoms with Gasteiger partial charge in [0.15, 0.2) is 0 Å². The van der Waals surface area contributed by atoms with Crippen molar-refractivity contribution in [1.82, 2.24) is 9.97 Å². The summed E-state index contributed by atoms with van der Waals surface area (Å²) in [5, 5.41) is 0. The van der Waals surface area contributed by atoms with Gasteiger partial charge < -0.3 is 9.72 Å². The Kier molecular flexibility index (Phi) is 3.77. The number of nitrogens with zero attached hydrogens (tertiary/aromatic N) is 1. The SMILES string of the molecule is CC(C)c1[nH]c(C2CCCO2)nc(=S)c1Br. The average molecular weight is 303 g/mol. The maximum Gasteiger partial charge on any atom is 0.144 e. The highest BCUT2D eigenvalue weighted by atomic mass is 79.9. The zero-order valence-electron chi connectivity index (χ0n) is 9.42. The first-order valence-electron chi connectivity index (χ1n) is 5.50. The fourth-order valence-corrected chi connectivity index (χ4v) is 2.69. The Morgan fingerprint density at radius 3 is 2.88 bits per heavy atom. The summed E-state index contributed by atoms with van der Waals surface area (Å²) in [6.45, 7) is 5.08. The standard InChI is InChI=1S/C11H15BrN2OS/c1-6(2)9-8(12)11(16)14-10(13-9)7-4-3-5-15-7/h6-7H,3-5H2,1-2H3,(H,13,14,16). The Labute approximate surface area is 109 Å². The van der Waals surface area contributed by atoms with Crippen LogP contribution in [0.3, 0.4) is 0 Å². The molecule has 0 spiro atoms. The van der Waals surface area contributed by atoms with Crippen molar-refractivity contribution in [2.45, 2.75) is 38.7 Å². The molecule has 0 amide bonds. The molecule has 0 aromatic carbocycles. The van der Waals surface area contributed by atoms with E-state index in [9.17, 15) is 0 Å². The van der Waals surface area contributed by atoms with Gasteiger partial charge in [0.1, 0.15) is 16.6 Å². The molecule has 1 aromatic rings. The monoisotopic (exact) mass is 302 g/mol. The van der Waals surface area contributed by atoms with E-state index in [-0.39, 0.29) is 6.10 Å². The largest absolute Gasteiger partial charge is 0.370 e. The predicted molar refractivity (Wildman–Crippen MR) is 69.1 cm³/mol. The summed E-state index contributed by atoms with van der Waals surface area (Å²) < 4.78 is 7.13. The van der Waals surface area contributed by atoms with Crippen molar-refractivity contribution in [1.29, 1.82) is 0 Å². The second-order valence-corrected chi connectivity index (χ2v) is 5.49. The summed E-state index contributed by atoms with van der Waals surface area (Å²) >= 11 is 8.73. The first-order chi connectivity index (χ1) is 7.59. The number of H-pyrrole nitrogens is 1. The first-order valence-corrected chi connectivity index (χ1v) is 6.71. The van der Waals surface area contributed by atoms with Crippen LogP contribution in [-0.2, 0) is 4.74 Å². The van der Waals surface area contributed by atoms with Crippen molar-refractivity contribution in [2.75, 3.05) is 6.61 Å². The van der Waals surface area contributed by atoms with Crippen molar-refractivity contribution in [2.24, 2.45) is 0 Å². The average Bonchev–Trinajstić information content (AvgIpc) is 2.74. The van der Waals surface area contributed by atoms with Gasteiger partial charge in [0.25, 0.3) is 0 Å². The maximum absolute atomic E-state index is 5.61. The lowest BCUT2D eigenvalue weighted by Gasteiger charge is -2.14. The molecule has 1 saturated heterocycles. The van der Waals surface area contributed by atoms with Crippen molar-refractivity contribution >= 4 is 28.1 Å². The number of hydrogen-bond donors (Lipinski definition) is 1. The molecule has 16 heavy (non-hydrogen) atoms. The highest BCUT2D eigenvalue weighted by Gasteiger charge is 2.21. The molecule has 1 atom stereocenters. The van der Waals surface area contributed by atoms with E-state index < -0.39 is 0 Å². The summed E-state index contributed by atoms with van der Waals surface area (Å²) in [6.07, 6.45) is 2.21. The van der Waals surface area contributed by atoms with Crippen molar-refractivity contribution in [3.8, 4) is 0 Å². The molecule has 1 fully saturated rings. The summed E-state index contributed by atoms with van der Waals surface area (Å²) in [5.74, 6) is 1.26. The summed E-state index contributed by atoms with van der Waals surface area (Å²) in [4.78, 5) is 7.73. The molecule has 2 rings (SSSR count). The van der Waals surface area contributed by atoms with Gasteiger partial charge in [-0.15, -0.1) is 0 Å². The van der Waals surface area contributed by atoms with Crippen LogP contribution in [0.2, 0.25) is 0 Å². The number of ether oxygens (including phenoxy) is 1. The number of aromatic nitrogens is 2. The van der Waals surface area contributed by atoms with Gasteiger partial charge >= 0.3 is 0 Å². The number of rotatable bonds is 2. The van der Waals surface area contributed by atoms with Gasteiger partial charge in [0, 0.05) is 12.3 Å². The smallest absolute Gasteiger partial charge is 0.144 e. The van der Waals surface area contributed by atoms with Gasteiger partial charge in [0.2, 0.25) is 0 Å². The van der Waals surface area contributed by atoms with Crippen LogP contribution < -0.4 is 0 Å². The van der Waals surface area contributed by atoms with Crippen LogP contribution in [0.4, 0.5) is 0 Å². The molecule has 1 aromatic heterocycles. The number of nitrogens with one attached hydrogen (secondary N) is 1. The van der Waals surface area contributed by atoms with E-state index in [0.29, 0.717) is 10.6 Å². The molecule has 1 aliphatic heterocycles.